The second kappa shape index (κ2) is 5.77. The van der Waals surface area contributed by atoms with Gasteiger partial charge in [-0.1, -0.05) is 12.1 Å². The van der Waals surface area contributed by atoms with Gasteiger partial charge in [-0.2, -0.15) is 4.98 Å². The first-order chi connectivity index (χ1) is 8.31. The summed E-state index contributed by atoms with van der Waals surface area (Å²) in [4.78, 5) is 17.8. The molecule has 0 bridgehead atoms. The van der Waals surface area contributed by atoms with E-state index in [-0.39, 0.29) is 11.9 Å². The molecule has 1 aliphatic rings. The van der Waals surface area contributed by atoms with Crippen molar-refractivity contribution in [3.05, 3.63) is 12.2 Å². The van der Waals surface area contributed by atoms with Crippen molar-refractivity contribution in [3.63, 3.8) is 0 Å². The molecular weight excluding hydrogens is 220 g/mol. The van der Waals surface area contributed by atoms with Gasteiger partial charge in [-0.25, -0.2) is 0 Å². The van der Waals surface area contributed by atoms with E-state index >= 15 is 0 Å². The fourth-order valence-corrected chi connectivity index (χ4v) is 2.01. The van der Waals surface area contributed by atoms with Crippen LogP contribution in [0.15, 0.2) is 10.9 Å². The van der Waals surface area contributed by atoms with Crippen LogP contribution in [-0.2, 0) is 11.2 Å². The monoisotopic (exact) mass is 238 g/mol. The predicted molar refractivity (Wildman–Crippen MR) is 61.3 cm³/mol. The summed E-state index contributed by atoms with van der Waals surface area (Å²) < 4.78 is 4.65. The first-order valence-electron chi connectivity index (χ1n) is 6.08. The van der Waals surface area contributed by atoms with E-state index in [0.29, 0.717) is 18.8 Å². The molecule has 1 aromatic rings. The number of carbonyl (C=O) groups is 1. The quantitative estimate of drug-likeness (QED) is 0.767. The third kappa shape index (κ3) is 3.03. The number of carbonyl (C=O) groups excluding carboxylic acids is 1. The molecule has 94 valence electrons. The summed E-state index contributed by atoms with van der Waals surface area (Å²) in [6.07, 6.45) is 3.91. The largest absolute Gasteiger partial charge is 0.343 e. The fraction of sp³-hybridized carbons (Fsp3) is 0.727. The maximum atomic E-state index is 12.0. The average Bonchev–Trinajstić information content (AvgIpc) is 2.95. The van der Waals surface area contributed by atoms with Crippen molar-refractivity contribution in [2.45, 2.75) is 32.2 Å². The molecule has 2 rings (SSSR count). The summed E-state index contributed by atoms with van der Waals surface area (Å²) in [7, 11) is 0. The number of nitrogens with zero attached hydrogens (tertiary/aromatic N) is 3. The summed E-state index contributed by atoms with van der Waals surface area (Å²) >= 11 is 0. The molecule has 0 aromatic carbocycles. The van der Waals surface area contributed by atoms with Gasteiger partial charge in [0.25, 0.3) is 0 Å². The Morgan fingerprint density at radius 2 is 2.53 bits per heavy atom. The van der Waals surface area contributed by atoms with Crippen molar-refractivity contribution in [2.75, 3.05) is 19.6 Å². The number of hydrogen-bond acceptors (Lipinski definition) is 5. The van der Waals surface area contributed by atoms with Crippen LogP contribution in [-0.4, -0.2) is 46.6 Å². The van der Waals surface area contributed by atoms with Gasteiger partial charge >= 0.3 is 0 Å². The molecule has 0 saturated carbocycles. The van der Waals surface area contributed by atoms with Crippen molar-refractivity contribution in [3.8, 4) is 0 Å². The molecule has 1 aromatic heterocycles. The van der Waals surface area contributed by atoms with E-state index in [1.165, 1.54) is 6.39 Å². The van der Waals surface area contributed by atoms with Crippen molar-refractivity contribution >= 4 is 5.91 Å². The first kappa shape index (κ1) is 12.0. The van der Waals surface area contributed by atoms with Crippen LogP contribution in [0, 0.1) is 0 Å². The van der Waals surface area contributed by atoms with Crippen LogP contribution >= 0.6 is 0 Å². The normalized spacial score (nSPS) is 20.2. The Balaban J connectivity index is 1.77. The zero-order chi connectivity index (χ0) is 12.1. The van der Waals surface area contributed by atoms with Gasteiger partial charge in [0.15, 0.2) is 5.82 Å². The van der Waals surface area contributed by atoms with Gasteiger partial charge in [0.05, 0.1) is 6.04 Å². The Kier molecular flexibility index (Phi) is 4.08. The molecule has 1 fully saturated rings. The van der Waals surface area contributed by atoms with Crippen LogP contribution < -0.4 is 5.32 Å². The summed E-state index contributed by atoms with van der Waals surface area (Å²) in [6.45, 7) is 4.48. The molecular formula is C11H18N4O2. The standard InChI is InChI=1S/C11H18N4O2/c1-2-5-12-9-3-6-15(11(9)16)7-4-10-13-8-17-14-10/h8-9,12H,2-7H2,1H3. The number of nitrogens with one attached hydrogen (secondary N) is 1. The van der Waals surface area contributed by atoms with Crippen molar-refractivity contribution in [1.29, 1.82) is 0 Å². The van der Waals surface area contributed by atoms with Gasteiger partial charge in [-0.05, 0) is 19.4 Å². The third-order valence-corrected chi connectivity index (χ3v) is 2.95. The molecule has 2 heterocycles. The van der Waals surface area contributed by atoms with Crippen LogP contribution in [0.25, 0.3) is 0 Å². The highest BCUT2D eigenvalue weighted by Gasteiger charge is 2.30. The zero-order valence-corrected chi connectivity index (χ0v) is 10.1. The molecule has 1 amide bonds. The van der Waals surface area contributed by atoms with Crippen LogP contribution in [0.1, 0.15) is 25.6 Å². The van der Waals surface area contributed by atoms with Crippen LogP contribution in [0.5, 0.6) is 0 Å². The Morgan fingerprint density at radius 3 is 3.24 bits per heavy atom. The van der Waals surface area contributed by atoms with Gasteiger partial charge < -0.3 is 14.7 Å². The van der Waals surface area contributed by atoms with Gasteiger partial charge in [-0.15, -0.1) is 0 Å². The number of likely N-dealkylation sites (tertiary alicyclic amines) is 1. The summed E-state index contributed by atoms with van der Waals surface area (Å²) in [5.41, 5.74) is 0. The summed E-state index contributed by atoms with van der Waals surface area (Å²) in [5, 5.41) is 6.99. The first-order valence-corrected chi connectivity index (χ1v) is 6.08. The molecule has 1 N–H and O–H groups in total. The molecule has 0 radical (unpaired) electrons. The van der Waals surface area contributed by atoms with Gasteiger partial charge in [0, 0.05) is 19.5 Å². The fourth-order valence-electron chi connectivity index (χ4n) is 2.01. The van der Waals surface area contributed by atoms with E-state index in [1.54, 1.807) is 0 Å². The molecule has 0 aliphatic carbocycles. The minimum atomic E-state index is 0.000202. The topological polar surface area (TPSA) is 71.3 Å². The lowest BCUT2D eigenvalue weighted by Gasteiger charge is -2.15. The number of amides is 1. The number of hydrogen-bond donors (Lipinski definition) is 1. The molecule has 17 heavy (non-hydrogen) atoms. The zero-order valence-electron chi connectivity index (χ0n) is 10.1. The smallest absolute Gasteiger partial charge is 0.239 e. The Morgan fingerprint density at radius 1 is 1.65 bits per heavy atom. The van der Waals surface area contributed by atoms with E-state index in [1.807, 2.05) is 4.90 Å². The maximum absolute atomic E-state index is 12.0. The molecule has 1 saturated heterocycles. The highest BCUT2D eigenvalue weighted by atomic mass is 16.5. The van der Waals surface area contributed by atoms with E-state index < -0.39 is 0 Å². The molecule has 0 spiro atoms. The van der Waals surface area contributed by atoms with Crippen LogP contribution in [0.2, 0.25) is 0 Å². The lowest BCUT2D eigenvalue weighted by atomic mass is 10.2. The third-order valence-electron chi connectivity index (χ3n) is 2.95. The summed E-state index contributed by atoms with van der Waals surface area (Å²) in [6, 6.07) is 0.000202. The second-order valence-electron chi connectivity index (χ2n) is 4.22. The maximum Gasteiger partial charge on any atom is 0.239 e. The number of aromatic nitrogens is 2. The molecule has 1 aliphatic heterocycles. The lowest BCUT2D eigenvalue weighted by molar-refractivity contribution is -0.129. The lowest BCUT2D eigenvalue weighted by Crippen LogP contribution is -2.39. The van der Waals surface area contributed by atoms with E-state index in [4.69, 9.17) is 0 Å². The predicted octanol–water partition coefficient (Wildman–Crippen LogP) is 0.213. The van der Waals surface area contributed by atoms with Gasteiger partial charge in [0.2, 0.25) is 12.3 Å². The molecule has 6 heteroatoms. The minimum absolute atomic E-state index is 0.000202. The highest BCUT2D eigenvalue weighted by molar-refractivity contribution is 5.83. The SMILES string of the molecule is CCCNC1CCN(CCc2ncon2)C1=O. The van der Waals surface area contributed by atoms with Crippen molar-refractivity contribution in [1.82, 2.24) is 20.4 Å². The molecule has 6 nitrogen and oxygen atoms in total. The Hall–Kier alpha value is -1.43. The average molecular weight is 238 g/mol. The van der Waals surface area contributed by atoms with Crippen molar-refractivity contribution in [2.24, 2.45) is 0 Å². The summed E-state index contributed by atoms with van der Waals surface area (Å²) in [5.74, 6) is 0.852. The van der Waals surface area contributed by atoms with E-state index in [9.17, 15) is 4.79 Å². The van der Waals surface area contributed by atoms with E-state index in [2.05, 4.69) is 26.9 Å². The van der Waals surface area contributed by atoms with Gasteiger partial charge in [0.1, 0.15) is 0 Å². The van der Waals surface area contributed by atoms with Crippen LogP contribution in [0.3, 0.4) is 0 Å². The van der Waals surface area contributed by atoms with Gasteiger partial charge in [-0.3, -0.25) is 4.79 Å². The Labute approximate surface area is 100 Å². The van der Waals surface area contributed by atoms with Crippen molar-refractivity contribution < 1.29 is 9.32 Å². The van der Waals surface area contributed by atoms with Crippen LogP contribution in [0.4, 0.5) is 0 Å². The minimum Gasteiger partial charge on any atom is -0.343 e. The molecule has 1 atom stereocenters. The second-order valence-corrected chi connectivity index (χ2v) is 4.22. The number of rotatable bonds is 6. The Bertz CT molecular complexity index is 352. The van der Waals surface area contributed by atoms with E-state index in [0.717, 1.165) is 25.9 Å². The highest BCUT2D eigenvalue weighted by Crippen LogP contribution is 2.11. The molecule has 1 unspecified atom stereocenters.